The first-order valence-electron chi connectivity index (χ1n) is 8.41. The van der Waals surface area contributed by atoms with Gasteiger partial charge in [0.15, 0.2) is 0 Å². The van der Waals surface area contributed by atoms with Crippen LogP contribution in [-0.4, -0.2) is 32.3 Å². The molecule has 0 atom stereocenters. The maximum atomic E-state index is 12.3. The van der Waals surface area contributed by atoms with E-state index in [1.807, 2.05) is 19.1 Å². The van der Waals surface area contributed by atoms with Crippen LogP contribution in [0.3, 0.4) is 0 Å². The van der Waals surface area contributed by atoms with Crippen LogP contribution in [0.2, 0.25) is 0 Å². The van der Waals surface area contributed by atoms with Gasteiger partial charge in [0.25, 0.3) is 0 Å². The van der Waals surface area contributed by atoms with Crippen molar-refractivity contribution in [1.82, 2.24) is 9.62 Å². The van der Waals surface area contributed by atoms with Crippen LogP contribution >= 0.6 is 11.3 Å². The summed E-state index contributed by atoms with van der Waals surface area (Å²) in [6.45, 7) is 3.47. The van der Waals surface area contributed by atoms with Crippen LogP contribution in [0, 0.1) is 0 Å². The number of fused-ring (bicyclic) bond motifs is 1. The summed E-state index contributed by atoms with van der Waals surface area (Å²) in [4.78, 5) is 15.7. The number of thiophene rings is 1. The molecular formula is C18H22N2O3S2. The van der Waals surface area contributed by atoms with Crippen molar-refractivity contribution in [3.8, 4) is 0 Å². The van der Waals surface area contributed by atoms with Gasteiger partial charge in [-0.3, -0.25) is 4.79 Å². The minimum atomic E-state index is -3.57. The van der Waals surface area contributed by atoms with Gasteiger partial charge < -0.3 is 4.90 Å². The normalized spacial score (nSPS) is 14.4. The van der Waals surface area contributed by atoms with E-state index in [2.05, 4.69) is 16.2 Å². The van der Waals surface area contributed by atoms with Crippen molar-refractivity contribution in [2.24, 2.45) is 0 Å². The maximum Gasteiger partial charge on any atom is 0.240 e. The summed E-state index contributed by atoms with van der Waals surface area (Å²) in [6, 6.07) is 8.89. The average molecular weight is 379 g/mol. The molecule has 5 nitrogen and oxygen atoms in total. The number of sulfonamides is 1. The van der Waals surface area contributed by atoms with E-state index in [-0.39, 0.29) is 23.8 Å². The molecule has 1 aromatic carbocycles. The van der Waals surface area contributed by atoms with E-state index >= 15 is 0 Å². The van der Waals surface area contributed by atoms with Gasteiger partial charge in [0.1, 0.15) is 0 Å². The first-order valence-corrected chi connectivity index (χ1v) is 10.8. The lowest BCUT2D eigenvalue weighted by atomic mass is 10.1. The van der Waals surface area contributed by atoms with E-state index in [0.717, 1.165) is 18.4 Å². The molecule has 1 aromatic heterocycles. The predicted molar refractivity (Wildman–Crippen MR) is 99.1 cm³/mol. The molecule has 0 aliphatic carbocycles. The summed E-state index contributed by atoms with van der Waals surface area (Å²) < 4.78 is 27.1. The number of nitrogens with zero attached hydrogens (tertiary/aromatic N) is 1. The molecule has 0 unspecified atom stereocenters. The van der Waals surface area contributed by atoms with Crippen molar-refractivity contribution < 1.29 is 13.2 Å². The molecule has 1 N–H and O–H groups in total. The summed E-state index contributed by atoms with van der Waals surface area (Å²) in [7, 11) is -3.57. The lowest BCUT2D eigenvalue weighted by Gasteiger charge is -2.27. The van der Waals surface area contributed by atoms with Gasteiger partial charge >= 0.3 is 0 Å². The minimum absolute atomic E-state index is 0.0131. The van der Waals surface area contributed by atoms with Crippen LogP contribution in [0.25, 0.3) is 0 Å². The van der Waals surface area contributed by atoms with Gasteiger partial charge in [0.2, 0.25) is 15.9 Å². The standard InChI is InChI=1S/C18H22N2O3S2/c1-2-14-3-5-16(6-4-14)25(22,23)19-10-7-18(21)20-11-8-17-15(13-20)9-12-24-17/h3-6,9,12,19H,2,7-8,10-11,13H2,1H3. The largest absolute Gasteiger partial charge is 0.338 e. The summed E-state index contributed by atoms with van der Waals surface area (Å²) >= 11 is 1.73. The Hall–Kier alpha value is -1.70. The molecule has 0 fully saturated rings. The molecule has 1 amide bonds. The van der Waals surface area contributed by atoms with Crippen molar-refractivity contribution in [1.29, 1.82) is 0 Å². The lowest BCUT2D eigenvalue weighted by molar-refractivity contribution is -0.131. The van der Waals surface area contributed by atoms with Gasteiger partial charge in [-0.25, -0.2) is 13.1 Å². The third kappa shape index (κ3) is 4.29. The molecule has 134 valence electrons. The molecule has 2 heterocycles. The van der Waals surface area contributed by atoms with Crippen molar-refractivity contribution in [2.75, 3.05) is 13.1 Å². The number of carbonyl (C=O) groups excluding carboxylic acids is 1. The molecular weight excluding hydrogens is 356 g/mol. The van der Waals surface area contributed by atoms with E-state index in [1.54, 1.807) is 28.4 Å². The number of nitrogens with one attached hydrogen (secondary N) is 1. The zero-order chi connectivity index (χ0) is 17.9. The summed E-state index contributed by atoms with van der Waals surface area (Å²) in [5.41, 5.74) is 2.30. The SMILES string of the molecule is CCc1ccc(S(=O)(=O)NCCC(=O)N2CCc3sccc3C2)cc1. The van der Waals surface area contributed by atoms with E-state index < -0.39 is 10.0 Å². The monoisotopic (exact) mass is 378 g/mol. The maximum absolute atomic E-state index is 12.3. The topological polar surface area (TPSA) is 66.5 Å². The molecule has 0 spiro atoms. The van der Waals surface area contributed by atoms with Gasteiger partial charge in [-0.2, -0.15) is 0 Å². The molecule has 1 aliphatic heterocycles. The zero-order valence-electron chi connectivity index (χ0n) is 14.2. The molecule has 0 bridgehead atoms. The number of benzene rings is 1. The van der Waals surface area contributed by atoms with Gasteiger partial charge in [-0.05, 0) is 47.5 Å². The van der Waals surface area contributed by atoms with Crippen molar-refractivity contribution in [2.45, 2.75) is 37.6 Å². The Morgan fingerprint density at radius 2 is 2.00 bits per heavy atom. The number of rotatable bonds is 6. The fraction of sp³-hybridized carbons (Fsp3) is 0.389. The fourth-order valence-electron chi connectivity index (χ4n) is 2.90. The number of aryl methyl sites for hydroxylation is 1. The summed E-state index contributed by atoms with van der Waals surface area (Å²) in [5.74, 6) is -0.0131. The van der Waals surface area contributed by atoms with Gasteiger partial charge in [0.05, 0.1) is 4.90 Å². The second-order valence-electron chi connectivity index (χ2n) is 6.08. The predicted octanol–water partition coefficient (Wildman–Crippen LogP) is 2.56. The van der Waals surface area contributed by atoms with Crippen LogP contribution in [-0.2, 0) is 34.2 Å². The van der Waals surface area contributed by atoms with Crippen LogP contribution < -0.4 is 4.72 Å². The second kappa shape index (κ2) is 7.68. The van der Waals surface area contributed by atoms with E-state index in [0.29, 0.717) is 13.1 Å². The Morgan fingerprint density at radius 3 is 2.72 bits per heavy atom. The molecule has 1 aliphatic rings. The highest BCUT2D eigenvalue weighted by Crippen LogP contribution is 2.24. The van der Waals surface area contributed by atoms with Crippen LogP contribution in [0.5, 0.6) is 0 Å². The molecule has 0 saturated carbocycles. The Labute approximate surface area is 152 Å². The molecule has 7 heteroatoms. The smallest absolute Gasteiger partial charge is 0.240 e. The quantitative estimate of drug-likeness (QED) is 0.840. The van der Waals surface area contributed by atoms with Crippen LogP contribution in [0.1, 0.15) is 29.3 Å². The molecule has 25 heavy (non-hydrogen) atoms. The first-order chi connectivity index (χ1) is 12.0. The number of carbonyl (C=O) groups is 1. The van der Waals surface area contributed by atoms with Crippen LogP contribution in [0.4, 0.5) is 0 Å². The Kier molecular flexibility index (Phi) is 5.56. The third-order valence-electron chi connectivity index (χ3n) is 4.43. The lowest BCUT2D eigenvalue weighted by Crippen LogP contribution is -2.37. The van der Waals surface area contributed by atoms with Gasteiger partial charge in [-0.15, -0.1) is 11.3 Å². The van der Waals surface area contributed by atoms with E-state index in [9.17, 15) is 13.2 Å². The summed E-state index contributed by atoms with van der Waals surface area (Å²) in [6.07, 6.45) is 1.92. The molecule has 0 radical (unpaired) electrons. The number of hydrogen-bond acceptors (Lipinski definition) is 4. The third-order valence-corrected chi connectivity index (χ3v) is 6.93. The van der Waals surface area contributed by atoms with Crippen molar-refractivity contribution >= 4 is 27.3 Å². The van der Waals surface area contributed by atoms with Gasteiger partial charge in [0, 0.05) is 30.9 Å². The number of hydrogen-bond donors (Lipinski definition) is 1. The summed E-state index contributed by atoms with van der Waals surface area (Å²) in [5, 5.41) is 2.05. The highest BCUT2D eigenvalue weighted by molar-refractivity contribution is 7.89. The zero-order valence-corrected chi connectivity index (χ0v) is 15.8. The van der Waals surface area contributed by atoms with E-state index in [4.69, 9.17) is 0 Å². The highest BCUT2D eigenvalue weighted by atomic mass is 32.2. The first kappa shape index (κ1) is 18.1. The number of amides is 1. The van der Waals surface area contributed by atoms with Gasteiger partial charge in [-0.1, -0.05) is 19.1 Å². The van der Waals surface area contributed by atoms with Crippen molar-refractivity contribution in [3.05, 3.63) is 51.7 Å². The van der Waals surface area contributed by atoms with Crippen LogP contribution in [0.15, 0.2) is 40.6 Å². The van der Waals surface area contributed by atoms with E-state index in [1.165, 1.54) is 10.4 Å². The Balaban J connectivity index is 1.52. The minimum Gasteiger partial charge on any atom is -0.338 e. The highest BCUT2D eigenvalue weighted by Gasteiger charge is 2.22. The molecule has 0 saturated heterocycles. The second-order valence-corrected chi connectivity index (χ2v) is 8.85. The molecule has 3 rings (SSSR count). The van der Waals surface area contributed by atoms with Crippen molar-refractivity contribution in [3.63, 3.8) is 0 Å². The Bertz CT molecular complexity index is 841. The fourth-order valence-corrected chi connectivity index (χ4v) is 4.82. The average Bonchev–Trinajstić information content (AvgIpc) is 3.09. The Morgan fingerprint density at radius 1 is 1.24 bits per heavy atom. The molecule has 2 aromatic rings.